The van der Waals surface area contributed by atoms with Crippen LogP contribution in [0.15, 0.2) is 16.6 Å². The Labute approximate surface area is 91.6 Å². The number of aliphatic hydroxyl groups is 1. The van der Waals surface area contributed by atoms with Crippen molar-refractivity contribution in [1.29, 1.82) is 0 Å². The lowest BCUT2D eigenvalue weighted by Crippen LogP contribution is -2.01. The van der Waals surface area contributed by atoms with E-state index in [1.54, 1.807) is 0 Å². The average molecular weight is 208 g/mol. The van der Waals surface area contributed by atoms with E-state index >= 15 is 0 Å². The number of aryl methyl sites for hydroxylation is 2. The molecule has 0 aliphatic rings. The second-order valence-electron chi connectivity index (χ2n) is 4.08. The lowest BCUT2D eigenvalue weighted by Gasteiger charge is -2.12. The minimum Gasteiger partial charge on any atom is -0.466 e. The molecule has 0 radical (unpaired) electrons. The van der Waals surface area contributed by atoms with Gasteiger partial charge >= 0.3 is 0 Å². The largest absolute Gasteiger partial charge is 0.466 e. The summed E-state index contributed by atoms with van der Waals surface area (Å²) in [7, 11) is 0. The summed E-state index contributed by atoms with van der Waals surface area (Å²) in [5, 5.41) is 10.1. The Morgan fingerprint density at radius 2 is 1.93 bits per heavy atom. The van der Waals surface area contributed by atoms with Gasteiger partial charge in [0.2, 0.25) is 0 Å². The molecule has 1 aromatic rings. The lowest BCUT2D eigenvalue weighted by molar-refractivity contribution is 0.175. The van der Waals surface area contributed by atoms with Crippen molar-refractivity contribution in [2.45, 2.75) is 46.6 Å². The smallest absolute Gasteiger partial charge is 0.107 e. The molecule has 0 aliphatic heterocycles. The van der Waals surface area contributed by atoms with Crippen LogP contribution in [-0.4, -0.2) is 5.11 Å². The Hall–Kier alpha value is -1.02. The summed E-state index contributed by atoms with van der Waals surface area (Å²) in [5.41, 5.74) is 3.06. The van der Waals surface area contributed by atoms with E-state index in [9.17, 15) is 5.11 Å². The summed E-state index contributed by atoms with van der Waals surface area (Å²) in [5.74, 6) is 1.71. The zero-order valence-corrected chi connectivity index (χ0v) is 10.1. The summed E-state index contributed by atoms with van der Waals surface area (Å²) in [6, 6.07) is 0. The third-order valence-corrected chi connectivity index (χ3v) is 2.93. The van der Waals surface area contributed by atoms with E-state index in [2.05, 4.69) is 13.5 Å². The van der Waals surface area contributed by atoms with Gasteiger partial charge in [-0.1, -0.05) is 19.1 Å². The average Bonchev–Trinajstić information content (AvgIpc) is 2.41. The molecule has 0 saturated carbocycles. The van der Waals surface area contributed by atoms with Crippen LogP contribution in [0.1, 0.15) is 48.5 Å². The Morgan fingerprint density at radius 1 is 1.33 bits per heavy atom. The van der Waals surface area contributed by atoms with Gasteiger partial charge in [-0.05, 0) is 39.2 Å². The van der Waals surface area contributed by atoms with E-state index < -0.39 is 6.10 Å². The molecule has 15 heavy (non-hydrogen) atoms. The maximum Gasteiger partial charge on any atom is 0.107 e. The van der Waals surface area contributed by atoms with Gasteiger partial charge in [0.1, 0.15) is 11.5 Å². The van der Waals surface area contributed by atoms with Crippen molar-refractivity contribution in [3.8, 4) is 0 Å². The van der Waals surface area contributed by atoms with Gasteiger partial charge in [-0.2, -0.15) is 0 Å². The van der Waals surface area contributed by atoms with Crippen molar-refractivity contribution in [2.75, 3.05) is 0 Å². The quantitative estimate of drug-likeness (QED) is 0.767. The van der Waals surface area contributed by atoms with Crippen molar-refractivity contribution in [1.82, 2.24) is 0 Å². The van der Waals surface area contributed by atoms with Crippen LogP contribution >= 0.6 is 0 Å². The van der Waals surface area contributed by atoms with Crippen LogP contribution in [0.2, 0.25) is 0 Å². The van der Waals surface area contributed by atoms with Gasteiger partial charge in [0.05, 0.1) is 6.10 Å². The number of furan rings is 1. The SMILES string of the molecule is C=C(CC)CC(O)c1c(C)oc(C)c1C. The summed E-state index contributed by atoms with van der Waals surface area (Å²) >= 11 is 0. The maximum atomic E-state index is 10.1. The van der Waals surface area contributed by atoms with Crippen molar-refractivity contribution < 1.29 is 9.52 Å². The Bertz CT molecular complexity index is 361. The van der Waals surface area contributed by atoms with Crippen LogP contribution in [0.3, 0.4) is 0 Å². The summed E-state index contributed by atoms with van der Waals surface area (Å²) in [6.45, 7) is 11.8. The molecule has 0 saturated heterocycles. The summed E-state index contributed by atoms with van der Waals surface area (Å²) in [6.07, 6.45) is 1.05. The predicted molar refractivity (Wildman–Crippen MR) is 61.9 cm³/mol. The Kier molecular flexibility index (Phi) is 3.75. The molecule has 1 heterocycles. The Morgan fingerprint density at radius 3 is 2.33 bits per heavy atom. The molecule has 0 bridgehead atoms. The lowest BCUT2D eigenvalue weighted by atomic mass is 9.98. The number of aliphatic hydroxyl groups excluding tert-OH is 1. The zero-order chi connectivity index (χ0) is 11.6. The molecular formula is C13H20O2. The van der Waals surface area contributed by atoms with E-state index in [1.165, 1.54) is 0 Å². The fourth-order valence-corrected chi connectivity index (χ4v) is 1.82. The van der Waals surface area contributed by atoms with Crippen molar-refractivity contribution >= 4 is 0 Å². The molecule has 1 unspecified atom stereocenters. The van der Waals surface area contributed by atoms with Crippen LogP contribution in [0.4, 0.5) is 0 Å². The van der Waals surface area contributed by atoms with Crippen molar-refractivity contribution in [3.05, 3.63) is 34.8 Å². The van der Waals surface area contributed by atoms with E-state index in [0.29, 0.717) is 6.42 Å². The third kappa shape index (κ3) is 2.51. The molecule has 2 nitrogen and oxygen atoms in total. The Balaban J connectivity index is 2.90. The van der Waals surface area contributed by atoms with Crippen LogP contribution < -0.4 is 0 Å². The normalized spacial score (nSPS) is 12.9. The fourth-order valence-electron chi connectivity index (χ4n) is 1.82. The minimum atomic E-state index is -0.477. The second-order valence-corrected chi connectivity index (χ2v) is 4.08. The minimum absolute atomic E-state index is 0.477. The van der Waals surface area contributed by atoms with Crippen LogP contribution in [-0.2, 0) is 0 Å². The first-order valence-electron chi connectivity index (χ1n) is 5.38. The van der Waals surface area contributed by atoms with Gasteiger partial charge in [-0.25, -0.2) is 0 Å². The molecule has 1 N–H and O–H groups in total. The monoisotopic (exact) mass is 208 g/mol. The summed E-state index contributed by atoms with van der Waals surface area (Å²) < 4.78 is 5.49. The molecule has 0 aliphatic carbocycles. The molecule has 0 amide bonds. The molecule has 84 valence electrons. The van der Waals surface area contributed by atoms with Gasteiger partial charge in [0, 0.05) is 5.56 Å². The fraction of sp³-hybridized carbons (Fsp3) is 0.538. The second kappa shape index (κ2) is 4.67. The molecule has 1 atom stereocenters. The zero-order valence-electron chi connectivity index (χ0n) is 10.1. The maximum absolute atomic E-state index is 10.1. The van der Waals surface area contributed by atoms with Gasteiger partial charge in [-0.3, -0.25) is 0 Å². The number of hydrogen-bond acceptors (Lipinski definition) is 2. The molecule has 1 aromatic heterocycles. The first kappa shape index (κ1) is 12.1. The molecule has 0 aromatic carbocycles. The topological polar surface area (TPSA) is 33.4 Å². The highest BCUT2D eigenvalue weighted by atomic mass is 16.3. The van der Waals surface area contributed by atoms with E-state index in [1.807, 2.05) is 20.8 Å². The highest BCUT2D eigenvalue weighted by Crippen LogP contribution is 2.30. The van der Waals surface area contributed by atoms with Gasteiger partial charge in [0.25, 0.3) is 0 Å². The molecule has 0 spiro atoms. The number of hydrogen-bond donors (Lipinski definition) is 1. The van der Waals surface area contributed by atoms with Crippen molar-refractivity contribution in [3.63, 3.8) is 0 Å². The van der Waals surface area contributed by atoms with Crippen LogP contribution in [0.5, 0.6) is 0 Å². The van der Waals surface area contributed by atoms with E-state index in [-0.39, 0.29) is 0 Å². The predicted octanol–water partition coefficient (Wildman–Crippen LogP) is 3.59. The van der Waals surface area contributed by atoms with Crippen LogP contribution in [0.25, 0.3) is 0 Å². The molecule has 2 heteroatoms. The molecule has 0 fully saturated rings. The first-order valence-corrected chi connectivity index (χ1v) is 5.38. The van der Waals surface area contributed by atoms with Crippen LogP contribution in [0, 0.1) is 20.8 Å². The summed E-state index contributed by atoms with van der Waals surface area (Å²) in [4.78, 5) is 0. The van der Waals surface area contributed by atoms with E-state index in [0.717, 1.165) is 34.6 Å². The van der Waals surface area contributed by atoms with E-state index in [4.69, 9.17) is 4.42 Å². The van der Waals surface area contributed by atoms with Crippen molar-refractivity contribution in [2.24, 2.45) is 0 Å². The van der Waals surface area contributed by atoms with Gasteiger partial charge in [-0.15, -0.1) is 0 Å². The first-order chi connectivity index (χ1) is 6.97. The molecule has 1 rings (SSSR count). The highest BCUT2D eigenvalue weighted by Gasteiger charge is 2.19. The third-order valence-electron chi connectivity index (χ3n) is 2.93. The highest BCUT2D eigenvalue weighted by molar-refractivity contribution is 5.33. The number of rotatable bonds is 4. The standard InChI is InChI=1S/C13H20O2/c1-6-8(2)7-12(14)13-9(3)10(4)15-11(13)5/h12,14H,2,6-7H2,1,3-5H3. The van der Waals surface area contributed by atoms with Gasteiger partial charge < -0.3 is 9.52 Å². The molecular weight excluding hydrogens is 188 g/mol. The van der Waals surface area contributed by atoms with Gasteiger partial charge in [0.15, 0.2) is 0 Å².